The lowest BCUT2D eigenvalue weighted by atomic mass is 10.1. The van der Waals surface area contributed by atoms with Crippen LogP contribution in [0.25, 0.3) is 0 Å². The predicted molar refractivity (Wildman–Crippen MR) is 67.3 cm³/mol. The molecule has 2 rings (SSSR count). The Morgan fingerprint density at radius 3 is 2.82 bits per heavy atom. The van der Waals surface area contributed by atoms with Gasteiger partial charge in [-0.25, -0.2) is 4.39 Å². The molecular formula is C13H15FN2S. The average Bonchev–Trinajstić information content (AvgIpc) is 3.12. The highest BCUT2D eigenvalue weighted by atomic mass is 32.2. The maximum absolute atomic E-state index is 13.4. The highest BCUT2D eigenvalue weighted by Crippen LogP contribution is 2.28. The average molecular weight is 250 g/mol. The molecule has 0 amide bonds. The summed E-state index contributed by atoms with van der Waals surface area (Å²) in [6, 6.07) is 9.43. The van der Waals surface area contributed by atoms with Crippen LogP contribution in [0.3, 0.4) is 0 Å². The Kier molecular flexibility index (Phi) is 3.70. The van der Waals surface area contributed by atoms with Gasteiger partial charge in [0.1, 0.15) is 11.4 Å². The van der Waals surface area contributed by atoms with Crippen LogP contribution in [0.15, 0.2) is 29.2 Å². The molecule has 0 saturated heterocycles. The molecule has 0 heterocycles. The van der Waals surface area contributed by atoms with Crippen molar-refractivity contribution >= 4 is 11.8 Å². The van der Waals surface area contributed by atoms with Crippen LogP contribution in [-0.4, -0.2) is 17.3 Å². The van der Waals surface area contributed by atoms with E-state index in [4.69, 9.17) is 0 Å². The SMILES string of the molecule is CC(C#N)(CSc1ccccc1F)NC1CC1. The van der Waals surface area contributed by atoms with Gasteiger partial charge >= 0.3 is 0 Å². The van der Waals surface area contributed by atoms with Gasteiger partial charge < -0.3 is 0 Å². The van der Waals surface area contributed by atoms with Crippen LogP contribution < -0.4 is 5.32 Å². The van der Waals surface area contributed by atoms with Crippen molar-refractivity contribution in [1.29, 1.82) is 5.26 Å². The Balaban J connectivity index is 1.96. The zero-order valence-corrected chi connectivity index (χ0v) is 10.6. The second kappa shape index (κ2) is 5.07. The summed E-state index contributed by atoms with van der Waals surface area (Å²) in [6.07, 6.45) is 2.28. The van der Waals surface area contributed by atoms with Crippen molar-refractivity contribution in [3.8, 4) is 6.07 Å². The number of rotatable bonds is 5. The summed E-state index contributed by atoms with van der Waals surface area (Å²) in [5.41, 5.74) is -0.575. The molecular weight excluding hydrogens is 235 g/mol. The highest BCUT2D eigenvalue weighted by molar-refractivity contribution is 7.99. The minimum absolute atomic E-state index is 0.218. The molecule has 1 fully saturated rings. The number of benzene rings is 1. The lowest BCUT2D eigenvalue weighted by molar-refractivity contribution is 0.490. The van der Waals surface area contributed by atoms with Gasteiger partial charge in [0.25, 0.3) is 0 Å². The van der Waals surface area contributed by atoms with Gasteiger partial charge in [0.2, 0.25) is 0 Å². The molecule has 0 bridgehead atoms. The van der Waals surface area contributed by atoms with E-state index in [1.165, 1.54) is 17.8 Å². The van der Waals surface area contributed by atoms with Gasteiger partial charge in [0.05, 0.1) is 6.07 Å². The first-order valence-corrected chi connectivity index (χ1v) is 6.68. The molecule has 1 saturated carbocycles. The van der Waals surface area contributed by atoms with Crippen molar-refractivity contribution in [2.75, 3.05) is 5.75 Å². The van der Waals surface area contributed by atoms with Gasteiger partial charge in [0, 0.05) is 16.7 Å². The van der Waals surface area contributed by atoms with Gasteiger partial charge in [-0.1, -0.05) is 12.1 Å². The van der Waals surface area contributed by atoms with Crippen LogP contribution in [0.4, 0.5) is 4.39 Å². The summed E-state index contributed by atoms with van der Waals surface area (Å²) in [5, 5.41) is 12.5. The predicted octanol–water partition coefficient (Wildman–Crippen LogP) is 2.95. The molecule has 2 nitrogen and oxygen atoms in total. The summed E-state index contributed by atoms with van der Waals surface area (Å²) in [6.45, 7) is 1.87. The van der Waals surface area contributed by atoms with E-state index in [1.54, 1.807) is 12.1 Å². The summed E-state index contributed by atoms with van der Waals surface area (Å²) >= 11 is 1.39. The molecule has 0 aliphatic heterocycles. The molecule has 17 heavy (non-hydrogen) atoms. The van der Waals surface area contributed by atoms with E-state index in [9.17, 15) is 9.65 Å². The fourth-order valence-electron chi connectivity index (χ4n) is 1.57. The maximum atomic E-state index is 13.4. The minimum atomic E-state index is -0.575. The lowest BCUT2D eigenvalue weighted by Gasteiger charge is -2.22. The first kappa shape index (κ1) is 12.4. The minimum Gasteiger partial charge on any atom is -0.296 e. The van der Waals surface area contributed by atoms with Gasteiger partial charge in [0.15, 0.2) is 0 Å². The third kappa shape index (κ3) is 3.45. The number of nitrogens with one attached hydrogen (secondary N) is 1. The van der Waals surface area contributed by atoms with Crippen LogP contribution in [-0.2, 0) is 0 Å². The molecule has 1 unspecified atom stereocenters. The smallest absolute Gasteiger partial charge is 0.136 e. The molecule has 0 aromatic heterocycles. The second-order valence-electron chi connectivity index (χ2n) is 4.58. The van der Waals surface area contributed by atoms with Crippen LogP contribution in [0, 0.1) is 17.1 Å². The van der Waals surface area contributed by atoms with Gasteiger partial charge in [-0.05, 0) is 31.9 Å². The molecule has 1 aliphatic rings. The first-order valence-electron chi connectivity index (χ1n) is 5.69. The normalized spacial score (nSPS) is 18.4. The van der Waals surface area contributed by atoms with E-state index >= 15 is 0 Å². The topological polar surface area (TPSA) is 35.8 Å². The molecule has 1 aromatic carbocycles. The molecule has 1 atom stereocenters. The van der Waals surface area contributed by atoms with E-state index in [0.29, 0.717) is 16.7 Å². The molecule has 1 aliphatic carbocycles. The first-order chi connectivity index (χ1) is 8.13. The number of hydrogen-bond acceptors (Lipinski definition) is 3. The molecule has 90 valence electrons. The van der Waals surface area contributed by atoms with Crippen molar-refractivity contribution in [2.45, 2.75) is 36.2 Å². The van der Waals surface area contributed by atoms with Gasteiger partial charge in [-0.15, -0.1) is 11.8 Å². The Hall–Kier alpha value is -1.05. The monoisotopic (exact) mass is 250 g/mol. The number of nitriles is 1. The van der Waals surface area contributed by atoms with Crippen LogP contribution in [0.2, 0.25) is 0 Å². The fourth-order valence-corrected chi connectivity index (χ4v) is 2.54. The summed E-state index contributed by atoms with van der Waals surface area (Å²) in [7, 11) is 0. The summed E-state index contributed by atoms with van der Waals surface area (Å²) < 4.78 is 13.4. The lowest BCUT2D eigenvalue weighted by Crippen LogP contribution is -2.44. The van der Waals surface area contributed by atoms with Gasteiger partial charge in [-0.2, -0.15) is 5.26 Å². The van der Waals surface area contributed by atoms with E-state index in [2.05, 4.69) is 11.4 Å². The molecule has 1 N–H and O–H groups in total. The van der Waals surface area contributed by atoms with Crippen molar-refractivity contribution in [1.82, 2.24) is 5.32 Å². The van der Waals surface area contributed by atoms with E-state index in [0.717, 1.165) is 12.8 Å². The summed E-state index contributed by atoms with van der Waals surface area (Å²) in [4.78, 5) is 0.603. The highest BCUT2D eigenvalue weighted by Gasteiger charge is 2.32. The van der Waals surface area contributed by atoms with Gasteiger partial charge in [-0.3, -0.25) is 5.32 Å². The second-order valence-corrected chi connectivity index (χ2v) is 5.60. The van der Waals surface area contributed by atoms with Crippen molar-refractivity contribution in [3.63, 3.8) is 0 Å². The Labute approximate surface area is 105 Å². The maximum Gasteiger partial charge on any atom is 0.136 e. The zero-order chi connectivity index (χ0) is 12.3. The van der Waals surface area contributed by atoms with Crippen LogP contribution in [0.5, 0.6) is 0 Å². The van der Waals surface area contributed by atoms with E-state index in [1.807, 2.05) is 13.0 Å². The van der Waals surface area contributed by atoms with Crippen LogP contribution in [0.1, 0.15) is 19.8 Å². The zero-order valence-electron chi connectivity index (χ0n) is 9.74. The third-order valence-corrected chi connectivity index (χ3v) is 4.06. The summed E-state index contributed by atoms with van der Waals surface area (Å²) in [5.74, 6) is 0.338. The Bertz CT molecular complexity index is 439. The molecule has 1 aromatic rings. The van der Waals surface area contributed by atoms with Crippen molar-refractivity contribution in [3.05, 3.63) is 30.1 Å². The number of halogens is 1. The van der Waals surface area contributed by atoms with Crippen LogP contribution >= 0.6 is 11.8 Å². The Morgan fingerprint density at radius 1 is 1.53 bits per heavy atom. The standard InChI is InChI=1S/C13H15FN2S/c1-13(8-15,16-10-6-7-10)9-17-12-5-3-2-4-11(12)14/h2-5,10,16H,6-7,9H2,1H3. The number of hydrogen-bond donors (Lipinski definition) is 1. The van der Waals surface area contributed by atoms with Crippen molar-refractivity contribution < 1.29 is 4.39 Å². The molecule has 0 spiro atoms. The molecule has 4 heteroatoms. The Morgan fingerprint density at radius 2 is 2.24 bits per heavy atom. The quantitative estimate of drug-likeness (QED) is 0.816. The fraction of sp³-hybridized carbons (Fsp3) is 0.462. The van der Waals surface area contributed by atoms with Crippen molar-refractivity contribution in [2.24, 2.45) is 0 Å². The number of nitrogens with zero attached hydrogens (tertiary/aromatic N) is 1. The third-order valence-electron chi connectivity index (χ3n) is 2.70. The van der Waals surface area contributed by atoms with E-state index in [-0.39, 0.29) is 5.82 Å². The number of thioether (sulfide) groups is 1. The molecule has 0 radical (unpaired) electrons. The largest absolute Gasteiger partial charge is 0.296 e. The van der Waals surface area contributed by atoms with E-state index < -0.39 is 5.54 Å².